The number of carbonyl (C=O) groups excluding carboxylic acids is 2. The minimum atomic E-state index is -0.522. The number of pyridine rings is 1. The summed E-state index contributed by atoms with van der Waals surface area (Å²) in [5.74, 6) is -0.0559. The van der Waals surface area contributed by atoms with Gasteiger partial charge in [0.05, 0.1) is 4.92 Å². The molecule has 0 bridgehead atoms. The average molecular weight is 368 g/mol. The molecule has 1 aliphatic heterocycles. The van der Waals surface area contributed by atoms with E-state index in [-0.39, 0.29) is 29.0 Å². The minimum Gasteiger partial charge on any atom is -0.352 e. The SMILES string of the molecule is O=C(NCC1CCN(C(=O)c2ccncc2)CC1)c1cccc([N+](=O)[O-])c1. The number of nitrogens with one attached hydrogen (secondary N) is 1. The molecule has 0 unspecified atom stereocenters. The molecule has 2 amide bonds. The third kappa shape index (κ3) is 4.66. The van der Waals surface area contributed by atoms with Crippen molar-refractivity contribution in [1.29, 1.82) is 0 Å². The molecule has 1 fully saturated rings. The zero-order chi connectivity index (χ0) is 19.2. The molecule has 140 valence electrons. The number of aromatic nitrogens is 1. The number of hydrogen-bond acceptors (Lipinski definition) is 5. The number of amides is 2. The fourth-order valence-corrected chi connectivity index (χ4v) is 3.12. The topological polar surface area (TPSA) is 105 Å². The molecule has 8 heteroatoms. The summed E-state index contributed by atoms with van der Waals surface area (Å²) in [6.45, 7) is 1.76. The number of piperidine rings is 1. The van der Waals surface area contributed by atoms with Gasteiger partial charge in [-0.2, -0.15) is 0 Å². The van der Waals surface area contributed by atoms with Crippen molar-refractivity contribution < 1.29 is 14.5 Å². The third-order valence-corrected chi connectivity index (χ3v) is 4.70. The summed E-state index contributed by atoms with van der Waals surface area (Å²) < 4.78 is 0. The average Bonchev–Trinajstić information content (AvgIpc) is 2.72. The lowest BCUT2D eigenvalue weighted by molar-refractivity contribution is -0.384. The van der Waals surface area contributed by atoms with Crippen molar-refractivity contribution in [3.05, 3.63) is 70.0 Å². The summed E-state index contributed by atoms with van der Waals surface area (Å²) in [4.78, 5) is 40.7. The molecule has 0 saturated carbocycles. The van der Waals surface area contributed by atoms with Crippen LogP contribution in [0, 0.1) is 16.0 Å². The third-order valence-electron chi connectivity index (χ3n) is 4.70. The normalized spacial score (nSPS) is 14.6. The molecule has 1 aliphatic rings. The van der Waals surface area contributed by atoms with Gasteiger partial charge in [0.2, 0.25) is 0 Å². The monoisotopic (exact) mass is 368 g/mol. The Labute approximate surface area is 156 Å². The number of benzene rings is 1. The molecule has 0 spiro atoms. The first-order valence-electron chi connectivity index (χ1n) is 8.76. The lowest BCUT2D eigenvalue weighted by Crippen LogP contribution is -2.41. The molecule has 27 heavy (non-hydrogen) atoms. The van der Waals surface area contributed by atoms with Crippen LogP contribution in [-0.2, 0) is 0 Å². The van der Waals surface area contributed by atoms with Crippen LogP contribution >= 0.6 is 0 Å². The van der Waals surface area contributed by atoms with E-state index in [1.165, 1.54) is 18.2 Å². The van der Waals surface area contributed by atoms with Gasteiger partial charge in [-0.1, -0.05) is 6.07 Å². The number of likely N-dealkylation sites (tertiary alicyclic amines) is 1. The van der Waals surface area contributed by atoms with Crippen LogP contribution < -0.4 is 5.32 Å². The maximum atomic E-state index is 12.4. The molecule has 0 aliphatic carbocycles. The predicted octanol–water partition coefficient (Wildman–Crippen LogP) is 2.27. The fourth-order valence-electron chi connectivity index (χ4n) is 3.12. The molecule has 2 heterocycles. The van der Waals surface area contributed by atoms with E-state index in [1.807, 2.05) is 4.90 Å². The van der Waals surface area contributed by atoms with Gasteiger partial charge in [-0.05, 0) is 37.0 Å². The van der Waals surface area contributed by atoms with Crippen LogP contribution in [0.15, 0.2) is 48.8 Å². The number of nitro groups is 1. The Bertz CT molecular complexity index is 833. The maximum Gasteiger partial charge on any atom is 0.270 e. The van der Waals surface area contributed by atoms with E-state index in [1.54, 1.807) is 30.6 Å². The molecule has 1 N–H and O–H groups in total. The Morgan fingerprint density at radius 1 is 1.15 bits per heavy atom. The van der Waals surface area contributed by atoms with Crippen LogP contribution in [0.3, 0.4) is 0 Å². The summed E-state index contributed by atoms with van der Waals surface area (Å²) >= 11 is 0. The second-order valence-electron chi connectivity index (χ2n) is 6.49. The van der Waals surface area contributed by atoms with E-state index in [4.69, 9.17) is 0 Å². The highest BCUT2D eigenvalue weighted by Gasteiger charge is 2.24. The van der Waals surface area contributed by atoms with Crippen LogP contribution in [0.5, 0.6) is 0 Å². The van der Waals surface area contributed by atoms with Crippen LogP contribution in [0.2, 0.25) is 0 Å². The molecule has 8 nitrogen and oxygen atoms in total. The van der Waals surface area contributed by atoms with Crippen molar-refractivity contribution in [2.24, 2.45) is 5.92 Å². The first-order valence-corrected chi connectivity index (χ1v) is 8.76. The second-order valence-corrected chi connectivity index (χ2v) is 6.49. The molecular formula is C19H20N4O4. The molecule has 1 aromatic carbocycles. The Balaban J connectivity index is 1.48. The summed E-state index contributed by atoms with van der Waals surface area (Å²) in [7, 11) is 0. The van der Waals surface area contributed by atoms with Gasteiger partial charge >= 0.3 is 0 Å². The summed E-state index contributed by atoms with van der Waals surface area (Å²) in [5.41, 5.74) is 0.794. The summed E-state index contributed by atoms with van der Waals surface area (Å²) in [6.07, 6.45) is 4.80. The number of nitro benzene ring substituents is 1. The van der Waals surface area contributed by atoms with Crippen molar-refractivity contribution in [2.75, 3.05) is 19.6 Å². The van der Waals surface area contributed by atoms with Gasteiger partial charge in [0.1, 0.15) is 0 Å². The number of nitrogens with zero attached hydrogens (tertiary/aromatic N) is 3. The molecular weight excluding hydrogens is 348 g/mol. The largest absolute Gasteiger partial charge is 0.352 e. The highest BCUT2D eigenvalue weighted by molar-refractivity contribution is 5.95. The summed E-state index contributed by atoms with van der Waals surface area (Å²) in [5, 5.41) is 13.6. The first kappa shape index (κ1) is 18.5. The Hall–Kier alpha value is -3.29. The quantitative estimate of drug-likeness (QED) is 0.644. The molecule has 0 atom stereocenters. The molecule has 2 aromatic rings. The van der Waals surface area contributed by atoms with Gasteiger partial charge in [-0.3, -0.25) is 24.7 Å². The number of rotatable bonds is 5. The van der Waals surface area contributed by atoms with Gasteiger partial charge in [-0.15, -0.1) is 0 Å². The molecule has 0 radical (unpaired) electrons. The van der Waals surface area contributed by atoms with Crippen LogP contribution in [-0.4, -0.2) is 46.3 Å². The number of non-ortho nitro benzene ring substituents is 1. The van der Waals surface area contributed by atoms with Crippen molar-refractivity contribution in [3.8, 4) is 0 Å². The van der Waals surface area contributed by atoms with Gasteiger partial charge in [0.25, 0.3) is 17.5 Å². The van der Waals surface area contributed by atoms with E-state index in [0.717, 1.165) is 12.8 Å². The van der Waals surface area contributed by atoms with E-state index in [0.29, 0.717) is 25.2 Å². The van der Waals surface area contributed by atoms with Crippen molar-refractivity contribution >= 4 is 17.5 Å². The zero-order valence-electron chi connectivity index (χ0n) is 14.7. The van der Waals surface area contributed by atoms with Gasteiger partial charge in [-0.25, -0.2) is 0 Å². The lowest BCUT2D eigenvalue weighted by atomic mass is 9.96. The van der Waals surface area contributed by atoms with Crippen LogP contribution in [0.1, 0.15) is 33.6 Å². The second kappa shape index (κ2) is 8.39. The van der Waals surface area contributed by atoms with E-state index < -0.39 is 4.92 Å². The van der Waals surface area contributed by atoms with Gasteiger partial charge in [0.15, 0.2) is 0 Å². The first-order chi connectivity index (χ1) is 13.0. The zero-order valence-corrected chi connectivity index (χ0v) is 14.7. The smallest absolute Gasteiger partial charge is 0.270 e. The lowest BCUT2D eigenvalue weighted by Gasteiger charge is -2.32. The standard InChI is InChI=1S/C19H20N4O4/c24-18(16-2-1-3-17(12-16)23(26)27)21-13-14-6-10-22(11-7-14)19(25)15-4-8-20-9-5-15/h1-5,8-9,12,14H,6-7,10-11,13H2,(H,21,24). The molecule has 3 rings (SSSR count). The molecule has 1 aromatic heterocycles. The van der Waals surface area contributed by atoms with Crippen molar-refractivity contribution in [2.45, 2.75) is 12.8 Å². The van der Waals surface area contributed by atoms with Crippen molar-refractivity contribution in [3.63, 3.8) is 0 Å². The molecule has 1 saturated heterocycles. The Morgan fingerprint density at radius 2 is 1.85 bits per heavy atom. The maximum absolute atomic E-state index is 12.4. The number of carbonyl (C=O) groups is 2. The van der Waals surface area contributed by atoms with Crippen LogP contribution in [0.25, 0.3) is 0 Å². The Kier molecular flexibility index (Phi) is 5.75. The van der Waals surface area contributed by atoms with Gasteiger partial charge < -0.3 is 10.2 Å². The van der Waals surface area contributed by atoms with Crippen LogP contribution in [0.4, 0.5) is 5.69 Å². The fraction of sp³-hybridized carbons (Fsp3) is 0.316. The van der Waals surface area contributed by atoms with Gasteiger partial charge in [0, 0.05) is 55.3 Å². The summed E-state index contributed by atoms with van der Waals surface area (Å²) in [6, 6.07) is 9.08. The highest BCUT2D eigenvalue weighted by atomic mass is 16.6. The van der Waals surface area contributed by atoms with Crippen molar-refractivity contribution in [1.82, 2.24) is 15.2 Å². The number of hydrogen-bond donors (Lipinski definition) is 1. The van der Waals surface area contributed by atoms with E-state index >= 15 is 0 Å². The van der Waals surface area contributed by atoms with E-state index in [9.17, 15) is 19.7 Å². The predicted molar refractivity (Wildman–Crippen MR) is 98.3 cm³/mol. The Morgan fingerprint density at radius 3 is 2.52 bits per heavy atom. The minimum absolute atomic E-state index is 0.00326. The van der Waals surface area contributed by atoms with E-state index in [2.05, 4.69) is 10.3 Å². The highest BCUT2D eigenvalue weighted by Crippen LogP contribution is 2.19.